The number of amides is 1. The van der Waals surface area contributed by atoms with Crippen molar-refractivity contribution in [3.8, 4) is 0 Å². The van der Waals surface area contributed by atoms with Gasteiger partial charge in [0.05, 0.1) is 5.54 Å². The van der Waals surface area contributed by atoms with E-state index >= 15 is 0 Å². The van der Waals surface area contributed by atoms with Crippen LogP contribution < -0.4 is 5.32 Å². The first-order chi connectivity index (χ1) is 11.1. The molecule has 0 aliphatic heterocycles. The molecule has 0 bridgehead atoms. The monoisotopic (exact) mass is 342 g/mol. The molecule has 1 amide bonds. The maximum atomic E-state index is 12.5. The number of alkyl halides is 3. The van der Waals surface area contributed by atoms with E-state index in [9.17, 15) is 18.0 Å². The maximum Gasteiger partial charge on any atom is 0.451 e. The van der Waals surface area contributed by atoms with Gasteiger partial charge in [0, 0.05) is 11.6 Å². The van der Waals surface area contributed by atoms with E-state index in [1.165, 1.54) is 0 Å². The summed E-state index contributed by atoms with van der Waals surface area (Å²) < 4.78 is 39.2. The van der Waals surface area contributed by atoms with Gasteiger partial charge in [-0.1, -0.05) is 0 Å². The van der Waals surface area contributed by atoms with E-state index in [4.69, 9.17) is 0 Å². The molecule has 2 aromatic heterocycles. The minimum atomic E-state index is -4.65. The molecular formula is C14H17F3N6O. The number of rotatable bonds is 3. The first kappa shape index (κ1) is 16.5. The molecule has 3 rings (SSSR count). The van der Waals surface area contributed by atoms with E-state index in [1.54, 1.807) is 15.8 Å². The van der Waals surface area contributed by atoms with Gasteiger partial charge in [0.25, 0.3) is 5.91 Å². The Morgan fingerprint density at radius 3 is 2.50 bits per heavy atom. The summed E-state index contributed by atoms with van der Waals surface area (Å²) in [6.45, 7) is 5.91. The zero-order valence-corrected chi connectivity index (χ0v) is 13.4. The molecule has 1 saturated carbocycles. The van der Waals surface area contributed by atoms with Crippen LogP contribution in [0.3, 0.4) is 0 Å². The molecule has 10 heteroatoms. The van der Waals surface area contributed by atoms with Gasteiger partial charge in [-0.25, -0.2) is 0 Å². The molecule has 0 aromatic carbocycles. The molecule has 0 radical (unpaired) electrons. The number of anilines is 1. The van der Waals surface area contributed by atoms with E-state index in [0.717, 1.165) is 18.5 Å². The van der Waals surface area contributed by atoms with Crippen LogP contribution in [0.15, 0.2) is 6.07 Å². The Morgan fingerprint density at radius 2 is 2.00 bits per heavy atom. The van der Waals surface area contributed by atoms with Crippen molar-refractivity contribution in [1.82, 2.24) is 25.0 Å². The zero-order valence-electron chi connectivity index (χ0n) is 13.4. The van der Waals surface area contributed by atoms with Crippen LogP contribution in [0.2, 0.25) is 0 Å². The van der Waals surface area contributed by atoms with Crippen LogP contribution in [-0.4, -0.2) is 30.9 Å². The summed E-state index contributed by atoms with van der Waals surface area (Å²) in [5.41, 5.74) is 0.786. The molecule has 1 fully saturated rings. The zero-order chi connectivity index (χ0) is 17.7. The molecule has 1 aliphatic carbocycles. The fourth-order valence-corrected chi connectivity index (χ4v) is 2.32. The van der Waals surface area contributed by atoms with E-state index in [0.29, 0.717) is 5.92 Å². The molecule has 0 atom stereocenters. The van der Waals surface area contributed by atoms with Gasteiger partial charge >= 0.3 is 6.18 Å². The molecule has 130 valence electrons. The highest BCUT2D eigenvalue weighted by Gasteiger charge is 2.36. The maximum absolute atomic E-state index is 12.5. The molecule has 7 nitrogen and oxygen atoms in total. The van der Waals surface area contributed by atoms with Crippen LogP contribution in [0.4, 0.5) is 19.1 Å². The van der Waals surface area contributed by atoms with Gasteiger partial charge in [0.15, 0.2) is 5.69 Å². The number of nitrogens with zero attached hydrogens (tertiary/aromatic N) is 4. The van der Waals surface area contributed by atoms with Gasteiger partial charge in [0.2, 0.25) is 11.8 Å². The Labute approximate surface area is 135 Å². The number of carbonyl (C=O) groups is 1. The van der Waals surface area contributed by atoms with Gasteiger partial charge < -0.3 is 0 Å². The summed E-state index contributed by atoms with van der Waals surface area (Å²) in [6, 6.07) is 1.68. The summed E-state index contributed by atoms with van der Waals surface area (Å²) >= 11 is 0. The SMILES string of the molecule is CC(C)(C)n1nc(C(=O)Nc2n[nH]c(C(F)(F)F)n2)cc1C1CC1. The van der Waals surface area contributed by atoms with Gasteiger partial charge in [-0.3, -0.25) is 19.9 Å². The smallest absolute Gasteiger partial charge is 0.288 e. The highest BCUT2D eigenvalue weighted by Crippen LogP contribution is 2.41. The van der Waals surface area contributed by atoms with Crippen LogP contribution >= 0.6 is 0 Å². The van der Waals surface area contributed by atoms with Crippen molar-refractivity contribution >= 4 is 11.9 Å². The number of halogens is 3. The summed E-state index contributed by atoms with van der Waals surface area (Å²) in [4.78, 5) is 15.5. The van der Waals surface area contributed by atoms with Crippen LogP contribution in [0, 0.1) is 0 Å². The lowest BCUT2D eigenvalue weighted by atomic mass is 10.1. The van der Waals surface area contributed by atoms with Crippen molar-refractivity contribution in [3.05, 3.63) is 23.3 Å². The van der Waals surface area contributed by atoms with Crippen molar-refractivity contribution in [3.63, 3.8) is 0 Å². The van der Waals surface area contributed by atoms with E-state index < -0.39 is 23.9 Å². The van der Waals surface area contributed by atoms with Crippen molar-refractivity contribution in [1.29, 1.82) is 0 Å². The topological polar surface area (TPSA) is 88.5 Å². The van der Waals surface area contributed by atoms with E-state index in [-0.39, 0.29) is 11.2 Å². The standard InChI is InChI=1S/C14H17F3N6O/c1-13(2,3)23-9(7-4-5-7)6-8(22-23)10(24)18-12-19-11(20-21-12)14(15,16)17/h6-7H,4-5H2,1-3H3,(H2,18,19,20,21,24). The molecule has 0 spiro atoms. The molecule has 2 N–H and O–H groups in total. The second-order valence-electron chi connectivity index (χ2n) is 6.77. The molecule has 1 aliphatic rings. The van der Waals surface area contributed by atoms with Gasteiger partial charge in [0.1, 0.15) is 0 Å². The molecule has 0 saturated heterocycles. The molecule has 0 unspecified atom stereocenters. The fraction of sp³-hybridized carbons (Fsp3) is 0.571. The lowest BCUT2D eigenvalue weighted by molar-refractivity contribution is -0.144. The Morgan fingerprint density at radius 1 is 1.33 bits per heavy atom. The second-order valence-corrected chi connectivity index (χ2v) is 6.77. The predicted molar refractivity (Wildman–Crippen MR) is 78.5 cm³/mol. The van der Waals surface area contributed by atoms with E-state index in [1.807, 2.05) is 20.8 Å². The summed E-state index contributed by atoms with van der Waals surface area (Å²) in [5.74, 6) is -1.98. The molecule has 2 heterocycles. The number of hydrogen-bond acceptors (Lipinski definition) is 4. The first-order valence-corrected chi connectivity index (χ1v) is 7.47. The van der Waals surface area contributed by atoms with Crippen LogP contribution in [0.1, 0.15) is 61.5 Å². The lowest BCUT2D eigenvalue weighted by Gasteiger charge is -2.22. The summed E-state index contributed by atoms with van der Waals surface area (Å²) in [6.07, 6.45) is -2.57. The number of aromatic amines is 1. The average Bonchev–Trinajstić information content (AvgIpc) is 2.99. The highest BCUT2D eigenvalue weighted by atomic mass is 19.4. The van der Waals surface area contributed by atoms with Crippen molar-refractivity contribution in [2.24, 2.45) is 0 Å². The Hall–Kier alpha value is -2.39. The first-order valence-electron chi connectivity index (χ1n) is 7.47. The number of aromatic nitrogens is 5. The summed E-state index contributed by atoms with van der Waals surface area (Å²) in [7, 11) is 0. The van der Waals surface area contributed by atoms with Crippen LogP contribution in [0.5, 0.6) is 0 Å². The van der Waals surface area contributed by atoms with Crippen LogP contribution in [0.25, 0.3) is 0 Å². The number of nitrogens with one attached hydrogen (secondary N) is 2. The van der Waals surface area contributed by atoms with Crippen molar-refractivity contribution < 1.29 is 18.0 Å². The third-order valence-corrected chi connectivity index (χ3v) is 3.58. The average molecular weight is 342 g/mol. The van der Waals surface area contributed by atoms with Gasteiger partial charge in [-0.15, -0.1) is 5.10 Å². The number of hydrogen-bond donors (Lipinski definition) is 2. The summed E-state index contributed by atoms with van der Waals surface area (Å²) in [5, 5.41) is 11.6. The Balaban J connectivity index is 1.82. The Kier molecular flexibility index (Phi) is 3.65. The Bertz CT molecular complexity index is 766. The quantitative estimate of drug-likeness (QED) is 0.898. The van der Waals surface area contributed by atoms with Crippen LogP contribution in [-0.2, 0) is 11.7 Å². The second kappa shape index (κ2) is 5.32. The molecule has 24 heavy (non-hydrogen) atoms. The number of H-pyrrole nitrogens is 1. The normalized spacial score (nSPS) is 15.6. The van der Waals surface area contributed by atoms with Gasteiger partial charge in [-0.05, 0) is 39.7 Å². The largest absolute Gasteiger partial charge is 0.451 e. The molecular weight excluding hydrogens is 325 g/mol. The predicted octanol–water partition coefficient (Wildman–Crippen LogP) is 2.90. The fourth-order valence-electron chi connectivity index (χ4n) is 2.32. The van der Waals surface area contributed by atoms with Crippen molar-refractivity contribution in [2.75, 3.05) is 5.32 Å². The lowest BCUT2D eigenvalue weighted by Crippen LogP contribution is -2.26. The highest BCUT2D eigenvalue weighted by molar-refractivity contribution is 6.01. The molecule has 2 aromatic rings. The van der Waals surface area contributed by atoms with E-state index in [2.05, 4.69) is 20.5 Å². The van der Waals surface area contributed by atoms with Crippen molar-refractivity contribution in [2.45, 2.75) is 51.2 Å². The third-order valence-electron chi connectivity index (χ3n) is 3.58. The minimum absolute atomic E-state index is 0.130. The number of carbonyl (C=O) groups excluding carboxylic acids is 1. The third kappa shape index (κ3) is 3.26. The van der Waals surface area contributed by atoms with Gasteiger partial charge in [-0.2, -0.15) is 23.3 Å². The minimum Gasteiger partial charge on any atom is -0.288 e.